The number of nitrogens with one attached hydrogen (secondary N) is 1. The van der Waals surface area contributed by atoms with E-state index in [2.05, 4.69) is 39.9 Å². The van der Waals surface area contributed by atoms with Gasteiger partial charge in [-0.25, -0.2) is 4.98 Å². The van der Waals surface area contributed by atoms with E-state index in [1.807, 2.05) is 13.2 Å². The number of hydrogen-bond donors (Lipinski definition) is 1. The molecule has 2 nitrogen and oxygen atoms in total. The van der Waals surface area contributed by atoms with Crippen LogP contribution in [0.4, 0.5) is 0 Å². The smallest absolute Gasteiger partial charge is 0.113 e. The predicted octanol–water partition coefficient (Wildman–Crippen LogP) is 2.36. The monoisotopic (exact) mass is 230 g/mol. The van der Waals surface area contributed by atoms with Crippen molar-refractivity contribution in [2.75, 3.05) is 7.05 Å². The Bertz CT molecular complexity index is 465. The van der Waals surface area contributed by atoms with Crippen molar-refractivity contribution in [3.05, 3.63) is 52.0 Å². The molecule has 0 aliphatic heterocycles. The van der Waals surface area contributed by atoms with Gasteiger partial charge in [0.05, 0.1) is 5.54 Å². The summed E-state index contributed by atoms with van der Waals surface area (Å²) in [6, 6.07) is 8.68. The minimum Gasteiger partial charge on any atom is -0.308 e. The van der Waals surface area contributed by atoms with Crippen LogP contribution in [0.25, 0.3) is 0 Å². The topological polar surface area (TPSA) is 24.9 Å². The lowest BCUT2D eigenvalue weighted by molar-refractivity contribution is 0.379. The highest BCUT2D eigenvalue weighted by molar-refractivity contribution is 7.09. The van der Waals surface area contributed by atoms with Gasteiger partial charge in [0.1, 0.15) is 5.01 Å². The van der Waals surface area contributed by atoms with E-state index >= 15 is 0 Å². The van der Waals surface area contributed by atoms with E-state index < -0.39 is 0 Å². The molecule has 0 atom stereocenters. The lowest BCUT2D eigenvalue weighted by Crippen LogP contribution is -2.40. The fraction of sp³-hybridized carbons (Fsp3) is 0.308. The molecule has 1 aromatic carbocycles. The van der Waals surface area contributed by atoms with E-state index in [9.17, 15) is 0 Å². The van der Waals surface area contributed by atoms with Crippen LogP contribution in [-0.2, 0) is 18.4 Å². The summed E-state index contributed by atoms with van der Waals surface area (Å²) in [7, 11) is 2.04. The second-order valence-corrected chi connectivity index (χ2v) is 5.19. The Balaban J connectivity index is 2.03. The zero-order chi connectivity index (χ0) is 11.0. The second-order valence-electron chi connectivity index (χ2n) is 4.29. The van der Waals surface area contributed by atoms with E-state index in [0.29, 0.717) is 0 Å². The van der Waals surface area contributed by atoms with E-state index in [-0.39, 0.29) is 5.54 Å². The van der Waals surface area contributed by atoms with E-state index in [1.165, 1.54) is 16.1 Å². The van der Waals surface area contributed by atoms with Crippen molar-refractivity contribution in [3.8, 4) is 0 Å². The van der Waals surface area contributed by atoms with Gasteiger partial charge in [0.25, 0.3) is 0 Å². The molecule has 1 heterocycles. The molecule has 2 aromatic rings. The van der Waals surface area contributed by atoms with Gasteiger partial charge in [0.2, 0.25) is 0 Å². The van der Waals surface area contributed by atoms with Crippen LogP contribution in [0.3, 0.4) is 0 Å². The highest BCUT2D eigenvalue weighted by Crippen LogP contribution is 2.38. The van der Waals surface area contributed by atoms with Crippen LogP contribution < -0.4 is 5.32 Å². The first kappa shape index (κ1) is 10.00. The number of aromatic nitrogens is 1. The molecule has 1 aromatic heterocycles. The Morgan fingerprint density at radius 2 is 1.94 bits per heavy atom. The van der Waals surface area contributed by atoms with Crippen molar-refractivity contribution in [1.29, 1.82) is 0 Å². The maximum atomic E-state index is 4.48. The molecule has 1 N–H and O–H groups in total. The zero-order valence-electron chi connectivity index (χ0n) is 9.23. The van der Waals surface area contributed by atoms with Gasteiger partial charge in [-0.15, -0.1) is 11.3 Å². The van der Waals surface area contributed by atoms with Crippen molar-refractivity contribution >= 4 is 11.3 Å². The molecule has 0 fully saturated rings. The van der Waals surface area contributed by atoms with Gasteiger partial charge in [0.15, 0.2) is 0 Å². The minimum atomic E-state index is 0.0256. The van der Waals surface area contributed by atoms with Crippen molar-refractivity contribution in [2.24, 2.45) is 0 Å². The SMILES string of the molecule is CNC1(c2nccs2)Cc2ccccc2C1. The molecule has 0 saturated carbocycles. The summed E-state index contributed by atoms with van der Waals surface area (Å²) in [5, 5.41) is 6.73. The van der Waals surface area contributed by atoms with E-state index in [0.717, 1.165) is 12.8 Å². The van der Waals surface area contributed by atoms with E-state index in [4.69, 9.17) is 0 Å². The van der Waals surface area contributed by atoms with Gasteiger partial charge in [-0.05, 0) is 31.0 Å². The minimum absolute atomic E-state index is 0.0256. The average Bonchev–Trinajstić information content (AvgIpc) is 2.96. The number of likely N-dealkylation sites (N-methyl/N-ethyl adjacent to an activating group) is 1. The largest absolute Gasteiger partial charge is 0.308 e. The number of benzene rings is 1. The summed E-state index contributed by atoms with van der Waals surface area (Å²) in [5.41, 5.74) is 2.93. The van der Waals surface area contributed by atoms with Gasteiger partial charge in [-0.1, -0.05) is 24.3 Å². The molecule has 0 saturated heterocycles. The van der Waals surface area contributed by atoms with Gasteiger partial charge in [0, 0.05) is 11.6 Å². The third-order valence-corrected chi connectivity index (χ3v) is 4.40. The van der Waals surface area contributed by atoms with Crippen LogP contribution in [0, 0.1) is 0 Å². The van der Waals surface area contributed by atoms with Gasteiger partial charge < -0.3 is 5.32 Å². The standard InChI is InChI=1S/C13H14N2S/c1-14-13(12-15-6-7-16-12)8-10-4-2-3-5-11(10)9-13/h2-7,14H,8-9H2,1H3. The third kappa shape index (κ3) is 1.39. The molecule has 1 aliphatic rings. The molecular formula is C13H14N2S. The fourth-order valence-corrected chi connectivity index (χ4v) is 3.35. The number of fused-ring (bicyclic) bond motifs is 1. The van der Waals surface area contributed by atoms with Gasteiger partial charge in [-0.3, -0.25) is 0 Å². The molecule has 0 radical (unpaired) electrons. The highest BCUT2D eigenvalue weighted by Gasteiger charge is 2.39. The normalized spacial score (nSPS) is 17.3. The lowest BCUT2D eigenvalue weighted by atomic mass is 9.97. The summed E-state index contributed by atoms with van der Waals surface area (Å²) >= 11 is 1.74. The second kappa shape index (κ2) is 3.68. The third-order valence-electron chi connectivity index (χ3n) is 3.42. The molecule has 3 heteroatoms. The first-order chi connectivity index (χ1) is 7.84. The predicted molar refractivity (Wildman–Crippen MR) is 66.7 cm³/mol. The van der Waals surface area contributed by atoms with Crippen LogP contribution in [0.5, 0.6) is 0 Å². The Morgan fingerprint density at radius 1 is 1.25 bits per heavy atom. The number of hydrogen-bond acceptors (Lipinski definition) is 3. The van der Waals surface area contributed by atoms with Crippen molar-refractivity contribution in [1.82, 2.24) is 10.3 Å². The van der Waals surface area contributed by atoms with Crippen LogP contribution in [0.2, 0.25) is 0 Å². The Kier molecular flexibility index (Phi) is 2.30. The van der Waals surface area contributed by atoms with Crippen LogP contribution >= 0.6 is 11.3 Å². The van der Waals surface area contributed by atoms with Crippen molar-refractivity contribution in [3.63, 3.8) is 0 Å². The highest BCUT2D eigenvalue weighted by atomic mass is 32.1. The summed E-state index contributed by atoms with van der Waals surface area (Å²) in [4.78, 5) is 4.48. The summed E-state index contributed by atoms with van der Waals surface area (Å²) < 4.78 is 0. The summed E-state index contributed by atoms with van der Waals surface area (Å²) in [6.45, 7) is 0. The quantitative estimate of drug-likeness (QED) is 0.856. The molecule has 0 unspecified atom stereocenters. The van der Waals surface area contributed by atoms with Crippen LogP contribution in [0.15, 0.2) is 35.8 Å². The summed E-state index contributed by atoms with van der Waals surface area (Å²) in [6.07, 6.45) is 3.99. The van der Waals surface area contributed by atoms with Gasteiger partial charge in [-0.2, -0.15) is 0 Å². The Morgan fingerprint density at radius 3 is 2.44 bits per heavy atom. The van der Waals surface area contributed by atoms with Crippen molar-refractivity contribution < 1.29 is 0 Å². The first-order valence-electron chi connectivity index (χ1n) is 5.50. The maximum absolute atomic E-state index is 4.48. The number of nitrogens with zero attached hydrogens (tertiary/aromatic N) is 1. The summed E-state index contributed by atoms with van der Waals surface area (Å²) in [5.74, 6) is 0. The van der Waals surface area contributed by atoms with Crippen LogP contribution in [0.1, 0.15) is 16.1 Å². The fourth-order valence-electron chi connectivity index (χ4n) is 2.51. The molecule has 16 heavy (non-hydrogen) atoms. The Labute approximate surface area is 99.4 Å². The number of thiazole rings is 1. The molecule has 82 valence electrons. The molecule has 0 amide bonds. The van der Waals surface area contributed by atoms with E-state index in [1.54, 1.807) is 11.3 Å². The first-order valence-corrected chi connectivity index (χ1v) is 6.38. The molecule has 1 aliphatic carbocycles. The van der Waals surface area contributed by atoms with Crippen LogP contribution in [-0.4, -0.2) is 12.0 Å². The molecule has 0 bridgehead atoms. The van der Waals surface area contributed by atoms with Crippen molar-refractivity contribution in [2.45, 2.75) is 18.4 Å². The molecule has 0 spiro atoms. The maximum Gasteiger partial charge on any atom is 0.113 e. The zero-order valence-corrected chi connectivity index (χ0v) is 10.1. The average molecular weight is 230 g/mol. The molecule has 3 rings (SSSR count). The Hall–Kier alpha value is -1.19. The molecular weight excluding hydrogens is 216 g/mol. The number of rotatable bonds is 2. The lowest BCUT2D eigenvalue weighted by Gasteiger charge is -2.25. The van der Waals surface area contributed by atoms with Gasteiger partial charge >= 0.3 is 0 Å².